The van der Waals surface area contributed by atoms with Crippen LogP contribution in [0, 0.1) is 5.82 Å². The zero-order valence-corrected chi connectivity index (χ0v) is 13.4. The molecule has 0 radical (unpaired) electrons. The number of fused-ring (bicyclic) bond motifs is 1. The normalized spacial score (nSPS) is 12.4. The highest BCUT2D eigenvalue weighted by molar-refractivity contribution is 8.00. The fraction of sp³-hybridized carbons (Fsp3) is 0.176. The summed E-state index contributed by atoms with van der Waals surface area (Å²) >= 11 is 1.29. The Hall–Kier alpha value is -2.34. The highest BCUT2D eigenvalue weighted by Gasteiger charge is 2.23. The fourth-order valence-electron chi connectivity index (χ4n) is 2.48. The number of benzene rings is 2. The number of aromatic nitrogens is 2. The average molecular weight is 329 g/mol. The Morgan fingerprint density at radius 3 is 2.61 bits per heavy atom. The van der Waals surface area contributed by atoms with Crippen molar-refractivity contribution in [3.8, 4) is 0 Å². The van der Waals surface area contributed by atoms with Crippen molar-refractivity contribution in [2.45, 2.75) is 23.9 Å². The Labute approximate surface area is 137 Å². The highest BCUT2D eigenvalue weighted by atomic mass is 32.2. The molecule has 0 fully saturated rings. The monoisotopic (exact) mass is 329 g/mol. The first-order valence-corrected chi connectivity index (χ1v) is 8.15. The molecule has 0 aliphatic rings. The van der Waals surface area contributed by atoms with Gasteiger partial charge in [0.05, 0.1) is 11.0 Å². The van der Waals surface area contributed by atoms with E-state index in [1.54, 1.807) is 12.1 Å². The first-order chi connectivity index (χ1) is 11.1. The Bertz CT molecular complexity index is 845. The minimum absolute atomic E-state index is 0.345. The van der Waals surface area contributed by atoms with Gasteiger partial charge >= 0.3 is 0 Å². The number of hydrogen-bond donors (Lipinski definition) is 1. The lowest BCUT2D eigenvalue weighted by Gasteiger charge is -2.14. The summed E-state index contributed by atoms with van der Waals surface area (Å²) in [5.41, 5.74) is 8.10. The summed E-state index contributed by atoms with van der Waals surface area (Å²) in [6, 6.07) is 13.6. The van der Waals surface area contributed by atoms with Crippen LogP contribution in [0.25, 0.3) is 11.0 Å². The van der Waals surface area contributed by atoms with E-state index >= 15 is 0 Å². The molecule has 0 spiro atoms. The molecule has 0 aliphatic heterocycles. The Kier molecular flexibility index (Phi) is 4.34. The van der Waals surface area contributed by atoms with E-state index in [1.807, 2.05) is 35.8 Å². The van der Waals surface area contributed by atoms with Crippen molar-refractivity contribution in [2.24, 2.45) is 5.73 Å². The number of nitrogens with two attached hydrogens (primary N) is 1. The first-order valence-electron chi connectivity index (χ1n) is 7.27. The van der Waals surface area contributed by atoms with E-state index in [4.69, 9.17) is 5.73 Å². The van der Waals surface area contributed by atoms with Crippen molar-refractivity contribution < 1.29 is 9.18 Å². The van der Waals surface area contributed by atoms with E-state index < -0.39 is 11.2 Å². The van der Waals surface area contributed by atoms with Crippen LogP contribution in [0.2, 0.25) is 0 Å². The van der Waals surface area contributed by atoms with Crippen LogP contribution in [0.1, 0.15) is 17.7 Å². The van der Waals surface area contributed by atoms with E-state index in [9.17, 15) is 9.18 Å². The van der Waals surface area contributed by atoms with Crippen LogP contribution < -0.4 is 5.73 Å². The number of hydrogen-bond acceptors (Lipinski definition) is 3. The third kappa shape index (κ3) is 3.07. The number of halogens is 1. The van der Waals surface area contributed by atoms with E-state index in [2.05, 4.69) is 4.98 Å². The molecule has 23 heavy (non-hydrogen) atoms. The number of imidazole rings is 1. The van der Waals surface area contributed by atoms with Gasteiger partial charge in [0.1, 0.15) is 11.1 Å². The molecular weight excluding hydrogens is 313 g/mol. The Balaban J connectivity index is 2.00. The van der Waals surface area contributed by atoms with Gasteiger partial charge in [0.15, 0.2) is 5.16 Å². The van der Waals surface area contributed by atoms with Gasteiger partial charge in [-0.15, -0.1) is 0 Å². The predicted octanol–water partition coefficient (Wildman–Crippen LogP) is 3.51. The SMILES string of the molecule is CCn1c(S[C@@H](C(N)=O)c2ccc(F)cc2)nc2ccccc21. The minimum atomic E-state index is -0.613. The number of carbonyl (C=O) groups excluding carboxylic acids is 1. The Morgan fingerprint density at radius 1 is 1.26 bits per heavy atom. The minimum Gasteiger partial charge on any atom is -0.368 e. The molecule has 0 unspecified atom stereocenters. The van der Waals surface area contributed by atoms with Gasteiger partial charge in [-0.1, -0.05) is 36.0 Å². The second-order valence-corrected chi connectivity index (χ2v) is 6.15. The standard InChI is InChI=1S/C17H16FN3OS/c1-2-21-14-6-4-3-5-13(14)20-17(21)23-15(16(19)22)11-7-9-12(18)10-8-11/h3-10,15H,2H2,1H3,(H2,19,22)/t15-/m1/s1. The highest BCUT2D eigenvalue weighted by Crippen LogP contribution is 2.36. The maximum Gasteiger partial charge on any atom is 0.235 e. The number of para-hydroxylation sites is 2. The van der Waals surface area contributed by atoms with Gasteiger partial charge in [-0.25, -0.2) is 9.37 Å². The average Bonchev–Trinajstić information content (AvgIpc) is 2.90. The van der Waals surface area contributed by atoms with Gasteiger partial charge in [-0.2, -0.15) is 0 Å². The summed E-state index contributed by atoms with van der Waals surface area (Å²) in [5, 5.41) is 0.111. The van der Waals surface area contributed by atoms with Crippen LogP contribution in [0.15, 0.2) is 53.7 Å². The van der Waals surface area contributed by atoms with Crippen LogP contribution in [-0.4, -0.2) is 15.5 Å². The van der Waals surface area contributed by atoms with E-state index in [-0.39, 0.29) is 5.82 Å². The largest absolute Gasteiger partial charge is 0.368 e. The smallest absolute Gasteiger partial charge is 0.235 e. The fourth-order valence-corrected chi connectivity index (χ4v) is 3.61. The molecule has 3 aromatic rings. The second-order valence-electron chi connectivity index (χ2n) is 5.08. The third-order valence-corrected chi connectivity index (χ3v) is 4.85. The topological polar surface area (TPSA) is 60.9 Å². The zero-order chi connectivity index (χ0) is 16.4. The quantitative estimate of drug-likeness (QED) is 0.729. The van der Waals surface area contributed by atoms with Gasteiger partial charge in [0.25, 0.3) is 0 Å². The molecule has 2 aromatic carbocycles. The maximum absolute atomic E-state index is 13.1. The van der Waals surface area contributed by atoms with Crippen LogP contribution in [0.3, 0.4) is 0 Å². The first kappa shape index (κ1) is 15.6. The molecule has 6 heteroatoms. The lowest BCUT2D eigenvalue weighted by atomic mass is 10.1. The molecule has 2 N–H and O–H groups in total. The van der Waals surface area contributed by atoms with Crippen molar-refractivity contribution in [2.75, 3.05) is 0 Å². The van der Waals surface area contributed by atoms with Crippen molar-refractivity contribution >= 4 is 28.7 Å². The van der Waals surface area contributed by atoms with Gasteiger partial charge in [0.2, 0.25) is 5.91 Å². The van der Waals surface area contributed by atoms with Crippen molar-refractivity contribution in [1.29, 1.82) is 0 Å². The summed E-state index contributed by atoms with van der Waals surface area (Å²) in [6.07, 6.45) is 0. The molecule has 4 nitrogen and oxygen atoms in total. The van der Waals surface area contributed by atoms with Gasteiger partial charge < -0.3 is 10.3 Å². The summed E-state index contributed by atoms with van der Waals surface area (Å²) in [6.45, 7) is 2.76. The second kappa shape index (κ2) is 6.42. The van der Waals surface area contributed by atoms with E-state index in [0.717, 1.165) is 22.7 Å². The van der Waals surface area contributed by atoms with Gasteiger partial charge in [0, 0.05) is 6.54 Å². The molecule has 0 bridgehead atoms. The molecule has 1 aromatic heterocycles. The van der Waals surface area contributed by atoms with Crippen molar-refractivity contribution in [3.05, 3.63) is 59.9 Å². The van der Waals surface area contributed by atoms with Crippen molar-refractivity contribution in [3.63, 3.8) is 0 Å². The van der Waals surface area contributed by atoms with Gasteiger partial charge in [-0.3, -0.25) is 4.79 Å². The van der Waals surface area contributed by atoms with E-state index in [1.165, 1.54) is 23.9 Å². The summed E-state index contributed by atoms with van der Waals surface area (Å²) in [5.74, 6) is -0.820. The molecule has 1 amide bonds. The number of primary amides is 1. The lowest BCUT2D eigenvalue weighted by molar-refractivity contribution is -0.117. The van der Waals surface area contributed by atoms with Crippen molar-refractivity contribution in [1.82, 2.24) is 9.55 Å². The summed E-state index contributed by atoms with van der Waals surface area (Å²) < 4.78 is 15.1. The number of carbonyl (C=O) groups is 1. The lowest BCUT2D eigenvalue weighted by Crippen LogP contribution is -2.19. The molecule has 0 saturated heterocycles. The number of amides is 1. The Morgan fingerprint density at radius 2 is 1.96 bits per heavy atom. The van der Waals surface area contributed by atoms with Gasteiger partial charge in [-0.05, 0) is 36.8 Å². The summed E-state index contributed by atoms with van der Waals surface area (Å²) in [7, 11) is 0. The zero-order valence-electron chi connectivity index (χ0n) is 12.6. The van der Waals surface area contributed by atoms with Crippen LogP contribution >= 0.6 is 11.8 Å². The van der Waals surface area contributed by atoms with Crippen LogP contribution in [0.5, 0.6) is 0 Å². The molecule has 0 aliphatic carbocycles. The molecule has 0 saturated carbocycles. The molecule has 3 rings (SSSR count). The maximum atomic E-state index is 13.1. The van der Waals surface area contributed by atoms with Crippen LogP contribution in [-0.2, 0) is 11.3 Å². The molecule has 1 atom stereocenters. The molecule has 1 heterocycles. The molecule has 118 valence electrons. The third-order valence-electron chi connectivity index (χ3n) is 3.59. The predicted molar refractivity (Wildman–Crippen MR) is 89.6 cm³/mol. The van der Waals surface area contributed by atoms with E-state index in [0.29, 0.717) is 5.56 Å². The van der Waals surface area contributed by atoms with Crippen LogP contribution in [0.4, 0.5) is 4.39 Å². The number of aryl methyl sites for hydroxylation is 1. The number of nitrogens with zero attached hydrogens (tertiary/aromatic N) is 2. The number of rotatable bonds is 5. The summed E-state index contributed by atoms with van der Waals surface area (Å²) in [4.78, 5) is 16.5. The number of thioether (sulfide) groups is 1. The molecular formula is C17H16FN3OS.